The number of aryl methyl sites for hydroxylation is 1. The molecule has 1 fully saturated rings. The molecule has 0 spiro atoms. The third-order valence-electron chi connectivity index (χ3n) is 5.85. The molecule has 4 aromatic rings. The highest BCUT2D eigenvalue weighted by molar-refractivity contribution is 5.83. The number of imidazole rings is 1. The molecule has 158 valence electrons. The minimum absolute atomic E-state index is 0.187. The first kappa shape index (κ1) is 19.6. The second-order valence-electron chi connectivity index (χ2n) is 8.19. The summed E-state index contributed by atoms with van der Waals surface area (Å²) >= 11 is 0. The Morgan fingerprint density at radius 1 is 1.03 bits per heavy atom. The van der Waals surface area contributed by atoms with Gasteiger partial charge in [0.1, 0.15) is 11.6 Å². The van der Waals surface area contributed by atoms with Gasteiger partial charge < -0.3 is 14.6 Å². The average Bonchev–Trinajstić information content (AvgIpc) is 3.59. The van der Waals surface area contributed by atoms with Crippen molar-refractivity contribution in [1.82, 2.24) is 14.9 Å². The zero-order valence-corrected chi connectivity index (χ0v) is 17.6. The highest BCUT2D eigenvalue weighted by Crippen LogP contribution is 2.28. The molecule has 1 aliphatic rings. The Labute approximate surface area is 182 Å². The molecular formula is C26H27N3O2. The molecule has 0 saturated heterocycles. The van der Waals surface area contributed by atoms with Crippen LogP contribution in [0.3, 0.4) is 0 Å². The van der Waals surface area contributed by atoms with Gasteiger partial charge in [-0.05, 0) is 54.3 Å². The van der Waals surface area contributed by atoms with Crippen molar-refractivity contribution in [3.63, 3.8) is 0 Å². The number of aromatic nitrogens is 2. The highest BCUT2D eigenvalue weighted by Gasteiger charge is 2.29. The molecule has 1 aromatic heterocycles. The van der Waals surface area contributed by atoms with Crippen molar-refractivity contribution in [2.24, 2.45) is 5.92 Å². The maximum absolute atomic E-state index is 11.9. The van der Waals surface area contributed by atoms with Gasteiger partial charge in [0.25, 0.3) is 0 Å². The number of benzene rings is 3. The molecule has 0 bridgehead atoms. The van der Waals surface area contributed by atoms with Crippen molar-refractivity contribution in [2.75, 3.05) is 13.2 Å². The molecule has 3 aromatic carbocycles. The zero-order chi connectivity index (χ0) is 21.0. The van der Waals surface area contributed by atoms with Crippen LogP contribution in [0.2, 0.25) is 0 Å². The van der Waals surface area contributed by atoms with Crippen LogP contribution in [0.5, 0.6) is 5.75 Å². The fourth-order valence-electron chi connectivity index (χ4n) is 4.02. The van der Waals surface area contributed by atoms with E-state index in [1.165, 1.54) is 10.8 Å². The molecule has 5 heteroatoms. The first-order chi connectivity index (χ1) is 15.3. The Bertz CT molecular complexity index is 1210. The van der Waals surface area contributed by atoms with Gasteiger partial charge >= 0.3 is 0 Å². The molecule has 0 unspecified atom stereocenters. The third kappa shape index (κ3) is 4.55. The van der Waals surface area contributed by atoms with Gasteiger partial charge in [-0.2, -0.15) is 0 Å². The van der Waals surface area contributed by atoms with Crippen molar-refractivity contribution in [3.8, 4) is 5.75 Å². The van der Waals surface area contributed by atoms with E-state index in [2.05, 4.69) is 40.2 Å². The van der Waals surface area contributed by atoms with Crippen molar-refractivity contribution in [2.45, 2.75) is 32.2 Å². The number of ether oxygens (including phenoxy) is 1. The lowest BCUT2D eigenvalue weighted by molar-refractivity contribution is -0.122. The number of hydrogen-bond donors (Lipinski definition) is 1. The molecule has 1 amide bonds. The second kappa shape index (κ2) is 8.80. The topological polar surface area (TPSA) is 56.2 Å². The SMILES string of the molecule is O=C(NCCc1nc2ccccc2n1CCCOc1ccc2ccccc2c1)C1CC1. The molecule has 1 N–H and O–H groups in total. The Morgan fingerprint density at radius 3 is 2.71 bits per heavy atom. The minimum atomic E-state index is 0.187. The van der Waals surface area contributed by atoms with Crippen LogP contribution in [-0.2, 0) is 17.8 Å². The average molecular weight is 414 g/mol. The fourth-order valence-corrected chi connectivity index (χ4v) is 4.02. The smallest absolute Gasteiger partial charge is 0.223 e. The summed E-state index contributed by atoms with van der Waals surface area (Å²) in [5.41, 5.74) is 2.14. The van der Waals surface area contributed by atoms with Gasteiger partial charge in [-0.3, -0.25) is 4.79 Å². The van der Waals surface area contributed by atoms with Crippen molar-refractivity contribution in [1.29, 1.82) is 0 Å². The summed E-state index contributed by atoms with van der Waals surface area (Å²) in [5.74, 6) is 2.35. The monoisotopic (exact) mass is 413 g/mol. The largest absolute Gasteiger partial charge is 0.494 e. The summed E-state index contributed by atoms with van der Waals surface area (Å²) in [6, 6.07) is 22.7. The van der Waals surface area contributed by atoms with Crippen LogP contribution >= 0.6 is 0 Å². The molecule has 0 aliphatic heterocycles. The number of amides is 1. The van der Waals surface area contributed by atoms with Crippen molar-refractivity contribution in [3.05, 3.63) is 72.6 Å². The summed E-state index contributed by atoms with van der Waals surface area (Å²) in [7, 11) is 0. The molecule has 31 heavy (non-hydrogen) atoms. The highest BCUT2D eigenvalue weighted by atomic mass is 16.5. The second-order valence-corrected chi connectivity index (χ2v) is 8.19. The van der Waals surface area contributed by atoms with E-state index in [0.29, 0.717) is 13.2 Å². The minimum Gasteiger partial charge on any atom is -0.494 e. The fraction of sp³-hybridized carbons (Fsp3) is 0.308. The Hall–Kier alpha value is -3.34. The van der Waals surface area contributed by atoms with Gasteiger partial charge in [0.2, 0.25) is 5.91 Å². The predicted octanol–water partition coefficient (Wildman–Crippen LogP) is 4.73. The van der Waals surface area contributed by atoms with Crippen LogP contribution in [0.25, 0.3) is 21.8 Å². The van der Waals surface area contributed by atoms with Crippen LogP contribution < -0.4 is 10.1 Å². The number of para-hydroxylation sites is 2. The van der Waals surface area contributed by atoms with E-state index < -0.39 is 0 Å². The van der Waals surface area contributed by atoms with Gasteiger partial charge in [-0.15, -0.1) is 0 Å². The molecule has 5 nitrogen and oxygen atoms in total. The first-order valence-electron chi connectivity index (χ1n) is 11.1. The molecule has 1 saturated carbocycles. The van der Waals surface area contributed by atoms with E-state index in [1.54, 1.807) is 0 Å². The van der Waals surface area contributed by atoms with Crippen LogP contribution in [-0.4, -0.2) is 28.6 Å². The summed E-state index contributed by atoms with van der Waals surface area (Å²) in [6.07, 6.45) is 3.68. The van der Waals surface area contributed by atoms with E-state index >= 15 is 0 Å². The quantitative estimate of drug-likeness (QED) is 0.404. The van der Waals surface area contributed by atoms with Gasteiger partial charge in [0, 0.05) is 25.4 Å². The Balaban J connectivity index is 1.21. The number of carbonyl (C=O) groups excluding carboxylic acids is 1. The van der Waals surface area contributed by atoms with E-state index in [9.17, 15) is 4.79 Å². The van der Waals surface area contributed by atoms with Gasteiger partial charge in [0.15, 0.2) is 0 Å². The zero-order valence-electron chi connectivity index (χ0n) is 17.6. The standard InChI is InChI=1S/C26H27N3O2/c30-26(20-10-11-20)27-15-14-25-28-23-8-3-4-9-24(23)29(25)16-5-17-31-22-13-12-19-6-1-2-7-21(19)18-22/h1-4,6-9,12-13,18,20H,5,10-11,14-17H2,(H,27,30). The number of hydrogen-bond acceptors (Lipinski definition) is 3. The lowest BCUT2D eigenvalue weighted by atomic mass is 10.1. The molecular weight excluding hydrogens is 386 g/mol. The van der Waals surface area contributed by atoms with Crippen molar-refractivity contribution >= 4 is 27.7 Å². The number of nitrogens with zero attached hydrogens (tertiary/aromatic N) is 2. The molecule has 1 heterocycles. The van der Waals surface area contributed by atoms with Gasteiger partial charge in [0.05, 0.1) is 17.6 Å². The number of carbonyl (C=O) groups is 1. The van der Waals surface area contributed by atoms with Crippen LogP contribution in [0.15, 0.2) is 66.7 Å². The molecule has 0 radical (unpaired) electrons. The third-order valence-corrected chi connectivity index (χ3v) is 5.85. The summed E-state index contributed by atoms with van der Waals surface area (Å²) in [4.78, 5) is 16.7. The van der Waals surface area contributed by atoms with E-state index in [0.717, 1.165) is 54.8 Å². The van der Waals surface area contributed by atoms with Crippen LogP contribution in [0.4, 0.5) is 0 Å². The van der Waals surface area contributed by atoms with Gasteiger partial charge in [-0.25, -0.2) is 4.98 Å². The van der Waals surface area contributed by atoms with E-state index in [1.807, 2.05) is 36.4 Å². The summed E-state index contributed by atoms with van der Waals surface area (Å²) in [5, 5.41) is 5.46. The maximum atomic E-state index is 11.9. The normalized spacial score (nSPS) is 13.5. The summed E-state index contributed by atoms with van der Waals surface area (Å²) < 4.78 is 8.29. The van der Waals surface area contributed by atoms with Crippen molar-refractivity contribution < 1.29 is 9.53 Å². The number of nitrogens with one attached hydrogen (secondary N) is 1. The summed E-state index contributed by atoms with van der Waals surface area (Å²) in [6.45, 7) is 2.11. The van der Waals surface area contributed by atoms with E-state index in [4.69, 9.17) is 9.72 Å². The van der Waals surface area contributed by atoms with Crippen LogP contribution in [0, 0.1) is 5.92 Å². The maximum Gasteiger partial charge on any atom is 0.223 e. The van der Waals surface area contributed by atoms with Crippen LogP contribution in [0.1, 0.15) is 25.1 Å². The van der Waals surface area contributed by atoms with Gasteiger partial charge in [-0.1, -0.05) is 42.5 Å². The number of rotatable bonds is 9. The predicted molar refractivity (Wildman–Crippen MR) is 123 cm³/mol. The number of fused-ring (bicyclic) bond motifs is 2. The Morgan fingerprint density at radius 2 is 1.84 bits per heavy atom. The lowest BCUT2D eigenvalue weighted by Gasteiger charge is -2.11. The first-order valence-corrected chi connectivity index (χ1v) is 11.1. The molecule has 0 atom stereocenters. The Kier molecular flexibility index (Phi) is 5.57. The lowest BCUT2D eigenvalue weighted by Crippen LogP contribution is -2.27. The molecule has 5 rings (SSSR count). The molecule has 1 aliphatic carbocycles. The van der Waals surface area contributed by atoms with E-state index in [-0.39, 0.29) is 11.8 Å².